The Hall–Kier alpha value is -2.33. The van der Waals surface area contributed by atoms with Gasteiger partial charge in [-0.2, -0.15) is 0 Å². The molecule has 2 bridgehead atoms. The molecule has 5 rings (SSSR count). The summed E-state index contributed by atoms with van der Waals surface area (Å²) in [5, 5.41) is 24.6. The molecule has 1 aromatic carbocycles. The fraction of sp³-hybridized carbons (Fsp3) is 0.542. The molecule has 4 N–H and O–H groups in total. The molecule has 0 aliphatic carbocycles. The molecule has 2 aliphatic heterocycles. The molecule has 0 unspecified atom stereocenters. The Balaban J connectivity index is 1.58. The van der Waals surface area contributed by atoms with Gasteiger partial charge in [-0.1, -0.05) is 25.4 Å². The van der Waals surface area contributed by atoms with Gasteiger partial charge in [0.05, 0.1) is 40.7 Å². The summed E-state index contributed by atoms with van der Waals surface area (Å²) >= 11 is 6.51. The van der Waals surface area contributed by atoms with E-state index in [1.165, 1.54) is 12.3 Å². The number of imidazole rings is 1. The van der Waals surface area contributed by atoms with E-state index < -0.39 is 17.5 Å². The van der Waals surface area contributed by atoms with E-state index >= 15 is 4.39 Å². The second-order valence-corrected chi connectivity index (χ2v) is 10.5. The fourth-order valence-electron chi connectivity index (χ4n) is 5.01. The average Bonchev–Trinajstić information content (AvgIpc) is 3.38. The van der Waals surface area contributed by atoms with Crippen LogP contribution in [0.5, 0.6) is 0 Å². The Morgan fingerprint density at radius 2 is 2.06 bits per heavy atom. The molecule has 34 heavy (non-hydrogen) atoms. The molecule has 0 radical (unpaired) electrons. The third kappa shape index (κ3) is 4.04. The maximum Gasteiger partial charge on any atom is 0.223 e. The van der Waals surface area contributed by atoms with Crippen LogP contribution in [-0.4, -0.2) is 54.5 Å². The normalized spacial score (nSPS) is 24.9. The van der Waals surface area contributed by atoms with Crippen LogP contribution in [0.4, 0.5) is 10.3 Å². The van der Waals surface area contributed by atoms with Crippen LogP contribution >= 0.6 is 11.6 Å². The summed E-state index contributed by atoms with van der Waals surface area (Å²) in [5.41, 5.74) is 1.10. The zero-order valence-corrected chi connectivity index (χ0v) is 20.3. The van der Waals surface area contributed by atoms with E-state index in [1.807, 2.05) is 13.8 Å². The van der Waals surface area contributed by atoms with Gasteiger partial charge in [-0.3, -0.25) is 0 Å². The Bertz CT molecular complexity index is 1240. The van der Waals surface area contributed by atoms with Crippen LogP contribution in [0.2, 0.25) is 5.02 Å². The van der Waals surface area contributed by atoms with Crippen molar-refractivity contribution in [1.29, 1.82) is 0 Å². The highest BCUT2D eigenvalue weighted by Crippen LogP contribution is 2.39. The number of rotatable bonds is 5. The molecule has 3 aromatic rings. The standard InChI is InChI=1S/C24H29ClFN5O3/c1-10(2)17-12(8-14(26)19-20(17)30-22(29-19)24(3,4)33)18-13(25)9-27-23(31-18)28-15-7-11-5-6-16(34-11)21(15)32/h8-11,15-16,21,32-33H,5-7H2,1-4H3,(H,29,30)(H,27,28,31)/t11-,15-,16+,21+/m0/s1. The van der Waals surface area contributed by atoms with Crippen molar-refractivity contribution in [3.8, 4) is 11.3 Å². The molecule has 2 fully saturated rings. The van der Waals surface area contributed by atoms with Gasteiger partial charge < -0.3 is 25.3 Å². The smallest absolute Gasteiger partial charge is 0.223 e. The van der Waals surface area contributed by atoms with Gasteiger partial charge in [0, 0.05) is 5.56 Å². The summed E-state index contributed by atoms with van der Waals surface area (Å²) in [4.78, 5) is 16.4. The lowest BCUT2D eigenvalue weighted by Gasteiger charge is -2.34. The van der Waals surface area contributed by atoms with Crippen molar-refractivity contribution in [2.45, 2.75) is 82.8 Å². The largest absolute Gasteiger partial charge is 0.388 e. The fourth-order valence-corrected chi connectivity index (χ4v) is 5.20. The summed E-state index contributed by atoms with van der Waals surface area (Å²) in [7, 11) is 0. The molecule has 0 spiro atoms. The minimum atomic E-state index is -1.26. The average molecular weight is 490 g/mol. The minimum Gasteiger partial charge on any atom is -0.388 e. The number of nitrogens with one attached hydrogen (secondary N) is 2. The predicted molar refractivity (Wildman–Crippen MR) is 127 cm³/mol. The first kappa shape index (κ1) is 23.4. The number of fused-ring (bicyclic) bond motifs is 3. The molecule has 2 aromatic heterocycles. The van der Waals surface area contributed by atoms with Crippen molar-refractivity contribution in [1.82, 2.24) is 19.9 Å². The molecule has 2 saturated heterocycles. The molecule has 10 heteroatoms. The minimum absolute atomic E-state index is 0.0245. The molecule has 4 atom stereocenters. The number of ether oxygens (including phenoxy) is 1. The molecule has 2 aliphatic rings. The maximum absolute atomic E-state index is 15.2. The van der Waals surface area contributed by atoms with Gasteiger partial charge in [0.15, 0.2) is 5.82 Å². The zero-order chi connectivity index (χ0) is 24.4. The van der Waals surface area contributed by atoms with Crippen molar-refractivity contribution in [2.75, 3.05) is 5.32 Å². The molecular formula is C24H29ClFN5O3. The Kier molecular flexibility index (Phi) is 5.79. The number of halogens is 2. The molecule has 8 nitrogen and oxygen atoms in total. The summed E-state index contributed by atoms with van der Waals surface area (Å²) in [6.45, 7) is 7.16. The Morgan fingerprint density at radius 3 is 2.76 bits per heavy atom. The SMILES string of the molecule is CC(C)c1c(-c2nc(N[C@H]3C[C@@H]4CC[C@@H](O4)[C@@H]3O)ncc2Cl)cc(F)c2nc(C(C)(C)O)[nH]c12. The molecule has 182 valence electrons. The van der Waals surface area contributed by atoms with Crippen LogP contribution in [0.15, 0.2) is 12.3 Å². The Labute approximate surface area is 201 Å². The van der Waals surface area contributed by atoms with Gasteiger partial charge in [-0.05, 0) is 50.7 Å². The van der Waals surface area contributed by atoms with Crippen LogP contribution in [0, 0.1) is 5.82 Å². The van der Waals surface area contributed by atoms with E-state index in [-0.39, 0.29) is 40.5 Å². The first-order valence-corrected chi connectivity index (χ1v) is 12.0. The number of H-pyrrole nitrogens is 1. The monoisotopic (exact) mass is 489 g/mol. The summed E-state index contributed by atoms with van der Waals surface area (Å²) in [6.07, 6.45) is 3.18. The Morgan fingerprint density at radius 1 is 1.29 bits per heavy atom. The van der Waals surface area contributed by atoms with Crippen LogP contribution in [-0.2, 0) is 10.3 Å². The topological polar surface area (TPSA) is 116 Å². The van der Waals surface area contributed by atoms with E-state index in [4.69, 9.17) is 16.3 Å². The van der Waals surface area contributed by atoms with Gasteiger partial charge in [0.1, 0.15) is 23.0 Å². The number of aliphatic hydroxyl groups is 2. The first-order valence-electron chi connectivity index (χ1n) is 11.6. The second-order valence-electron chi connectivity index (χ2n) is 10.1. The molecule has 4 heterocycles. The van der Waals surface area contributed by atoms with Crippen molar-refractivity contribution in [3.63, 3.8) is 0 Å². The van der Waals surface area contributed by atoms with Crippen molar-refractivity contribution in [2.24, 2.45) is 0 Å². The van der Waals surface area contributed by atoms with Gasteiger partial charge in [-0.25, -0.2) is 19.3 Å². The van der Waals surface area contributed by atoms with Crippen molar-refractivity contribution in [3.05, 3.63) is 34.5 Å². The van der Waals surface area contributed by atoms with Crippen LogP contribution < -0.4 is 5.32 Å². The predicted octanol–water partition coefficient (Wildman–Crippen LogP) is 4.26. The van der Waals surface area contributed by atoms with Gasteiger partial charge in [0.2, 0.25) is 5.95 Å². The quantitative estimate of drug-likeness (QED) is 0.423. The van der Waals surface area contributed by atoms with Gasteiger partial charge >= 0.3 is 0 Å². The summed E-state index contributed by atoms with van der Waals surface area (Å²) in [5.74, 6) is 0.0202. The van der Waals surface area contributed by atoms with Crippen LogP contribution in [0.3, 0.4) is 0 Å². The number of hydrogen-bond donors (Lipinski definition) is 4. The first-order chi connectivity index (χ1) is 16.0. The lowest BCUT2D eigenvalue weighted by molar-refractivity contribution is -0.0811. The number of benzene rings is 1. The van der Waals surface area contributed by atoms with Gasteiger partial charge in [0.25, 0.3) is 0 Å². The van der Waals surface area contributed by atoms with E-state index in [2.05, 4.69) is 25.3 Å². The number of aromatic amines is 1. The van der Waals surface area contributed by atoms with Crippen molar-refractivity contribution < 1.29 is 19.3 Å². The number of hydrogen-bond acceptors (Lipinski definition) is 7. The summed E-state index contributed by atoms with van der Waals surface area (Å²) < 4.78 is 21.0. The maximum atomic E-state index is 15.2. The van der Waals surface area contributed by atoms with E-state index in [9.17, 15) is 10.2 Å². The third-order valence-corrected chi connectivity index (χ3v) is 6.96. The van der Waals surface area contributed by atoms with Crippen LogP contribution in [0.1, 0.15) is 64.3 Å². The van der Waals surface area contributed by atoms with Crippen molar-refractivity contribution >= 4 is 28.6 Å². The highest BCUT2D eigenvalue weighted by Gasteiger charge is 2.42. The number of nitrogens with zero attached hydrogens (tertiary/aromatic N) is 3. The lowest BCUT2D eigenvalue weighted by atomic mass is 9.93. The number of aromatic nitrogens is 4. The lowest BCUT2D eigenvalue weighted by Crippen LogP contribution is -2.47. The van der Waals surface area contributed by atoms with E-state index in [0.717, 1.165) is 18.4 Å². The molecule has 0 amide bonds. The highest BCUT2D eigenvalue weighted by molar-refractivity contribution is 6.33. The number of aliphatic hydroxyl groups excluding tert-OH is 1. The molecule has 0 saturated carbocycles. The zero-order valence-electron chi connectivity index (χ0n) is 19.6. The second kappa shape index (κ2) is 8.41. The third-order valence-electron chi connectivity index (χ3n) is 6.68. The molecular weight excluding hydrogens is 461 g/mol. The van der Waals surface area contributed by atoms with Gasteiger partial charge in [-0.15, -0.1) is 0 Å². The summed E-state index contributed by atoms with van der Waals surface area (Å²) in [6, 6.07) is 1.14. The number of anilines is 1. The van der Waals surface area contributed by atoms with E-state index in [1.54, 1.807) is 13.8 Å². The van der Waals surface area contributed by atoms with E-state index in [0.29, 0.717) is 29.1 Å². The van der Waals surface area contributed by atoms with Crippen LogP contribution in [0.25, 0.3) is 22.3 Å². The highest BCUT2D eigenvalue weighted by atomic mass is 35.5.